The maximum absolute atomic E-state index is 12.0. The Kier molecular flexibility index (Phi) is 8.88. The molecule has 7 nitrogen and oxygen atoms in total. The van der Waals surface area contributed by atoms with Gasteiger partial charge in [-0.25, -0.2) is 0 Å². The van der Waals surface area contributed by atoms with E-state index in [2.05, 4.69) is 39.2 Å². The molecule has 27 heavy (non-hydrogen) atoms. The van der Waals surface area contributed by atoms with Gasteiger partial charge in [0, 0.05) is 6.61 Å². The van der Waals surface area contributed by atoms with Crippen molar-refractivity contribution in [2.24, 2.45) is 0 Å². The predicted octanol–water partition coefficient (Wildman–Crippen LogP) is 2.35. The van der Waals surface area contributed by atoms with Gasteiger partial charge in [0.25, 0.3) is 9.70 Å². The van der Waals surface area contributed by atoms with Crippen LogP contribution in [-0.4, -0.2) is 72.1 Å². The van der Waals surface area contributed by atoms with Crippen LogP contribution in [0.5, 0.6) is 0 Å². The quantitative estimate of drug-likeness (QED) is 0.411. The number of aliphatic hydroxyl groups excluding tert-OH is 2. The molecule has 3 N–H and O–H groups in total. The fourth-order valence-electron chi connectivity index (χ4n) is 2.27. The Balaban J connectivity index is 2.89. The molecule has 0 radical (unpaired) electrons. The molecule has 1 fully saturated rings. The zero-order chi connectivity index (χ0) is 21.2. The molecular weight excluding hydrogens is 437 g/mol. The molecule has 1 saturated heterocycles. The molecule has 160 valence electrons. The first-order valence-corrected chi connectivity index (χ1v) is 12.8. The van der Waals surface area contributed by atoms with E-state index in [1.54, 1.807) is 6.92 Å². The molecule has 5 atom stereocenters. The van der Waals surface area contributed by atoms with Gasteiger partial charge in [-0.15, -0.1) is 0 Å². The summed E-state index contributed by atoms with van der Waals surface area (Å²) in [6.07, 6.45) is -4.56. The van der Waals surface area contributed by atoms with Crippen molar-refractivity contribution >= 4 is 49.0 Å². The molecule has 0 aromatic carbocycles. The summed E-state index contributed by atoms with van der Waals surface area (Å²) in [7, 11) is -2.08. The summed E-state index contributed by atoms with van der Waals surface area (Å²) in [5.41, 5.74) is 0. The summed E-state index contributed by atoms with van der Waals surface area (Å²) in [6.45, 7) is 12.5. The number of halogens is 3. The SMILES string of the molecule is CCO[C@@H]1O[C@H](CO[Si](C)(C)C(C)(C)C)[C@@H](O)[C@@H](O)[C@H]1NC(=O)C(Cl)(Cl)Cl. The monoisotopic (exact) mass is 465 g/mol. The van der Waals surface area contributed by atoms with Crippen LogP contribution >= 0.6 is 34.8 Å². The molecule has 0 bridgehead atoms. The zero-order valence-corrected chi connectivity index (χ0v) is 19.7. The summed E-state index contributed by atoms with van der Waals surface area (Å²) >= 11 is 16.7. The lowest BCUT2D eigenvalue weighted by molar-refractivity contribution is -0.268. The third kappa shape index (κ3) is 6.69. The maximum Gasteiger partial charge on any atom is 0.272 e. The number of rotatable bonds is 6. The molecule has 0 aliphatic carbocycles. The summed E-state index contributed by atoms with van der Waals surface area (Å²) < 4.78 is 15.1. The highest BCUT2D eigenvalue weighted by molar-refractivity contribution is 6.76. The van der Waals surface area contributed by atoms with Crippen LogP contribution < -0.4 is 5.32 Å². The van der Waals surface area contributed by atoms with Gasteiger partial charge < -0.3 is 29.4 Å². The number of amides is 1. The van der Waals surface area contributed by atoms with E-state index in [1.807, 2.05) is 0 Å². The summed E-state index contributed by atoms with van der Waals surface area (Å²) in [4.78, 5) is 12.0. The average molecular weight is 467 g/mol. The van der Waals surface area contributed by atoms with E-state index in [0.717, 1.165) is 0 Å². The first-order valence-electron chi connectivity index (χ1n) is 8.76. The normalized spacial score (nSPS) is 30.3. The minimum absolute atomic E-state index is 0.0224. The molecule has 0 spiro atoms. The molecule has 1 rings (SSSR count). The Hall–Kier alpha value is 0.357. The van der Waals surface area contributed by atoms with Crippen LogP contribution in [0.25, 0.3) is 0 Å². The summed E-state index contributed by atoms with van der Waals surface area (Å²) in [5.74, 6) is -0.951. The van der Waals surface area contributed by atoms with Crippen molar-refractivity contribution in [3.8, 4) is 0 Å². The number of ether oxygens (including phenoxy) is 2. The topological polar surface area (TPSA) is 97.2 Å². The Morgan fingerprint density at radius 1 is 1.19 bits per heavy atom. The van der Waals surface area contributed by atoms with E-state index in [-0.39, 0.29) is 18.3 Å². The third-order valence-electron chi connectivity index (χ3n) is 5.00. The first-order chi connectivity index (χ1) is 12.1. The third-order valence-corrected chi connectivity index (χ3v) is 10.0. The van der Waals surface area contributed by atoms with Crippen molar-refractivity contribution in [2.75, 3.05) is 13.2 Å². The number of carbonyl (C=O) groups is 1. The zero-order valence-electron chi connectivity index (χ0n) is 16.5. The molecule has 0 unspecified atom stereocenters. The molecule has 1 amide bonds. The molecular formula is C16H30Cl3NO6Si. The lowest BCUT2D eigenvalue weighted by Crippen LogP contribution is -2.66. The van der Waals surface area contributed by atoms with Crippen LogP contribution in [0.1, 0.15) is 27.7 Å². The lowest BCUT2D eigenvalue weighted by atomic mass is 9.97. The minimum atomic E-state index is -2.22. The van der Waals surface area contributed by atoms with Crippen LogP contribution in [0.3, 0.4) is 0 Å². The van der Waals surface area contributed by atoms with Gasteiger partial charge in [-0.05, 0) is 25.1 Å². The first kappa shape index (κ1) is 25.4. The largest absolute Gasteiger partial charge is 0.414 e. The van der Waals surface area contributed by atoms with Crippen molar-refractivity contribution in [2.45, 2.75) is 80.3 Å². The Morgan fingerprint density at radius 3 is 2.19 bits per heavy atom. The number of nitrogens with one attached hydrogen (secondary N) is 1. The Labute approximate surface area is 176 Å². The average Bonchev–Trinajstić information content (AvgIpc) is 2.51. The predicted molar refractivity (Wildman–Crippen MR) is 108 cm³/mol. The van der Waals surface area contributed by atoms with E-state index in [1.165, 1.54) is 0 Å². The van der Waals surface area contributed by atoms with Gasteiger partial charge in [0.2, 0.25) is 0 Å². The van der Waals surface area contributed by atoms with Gasteiger partial charge in [0.05, 0.1) is 6.61 Å². The van der Waals surface area contributed by atoms with Crippen LogP contribution in [0.4, 0.5) is 0 Å². The number of alkyl halides is 3. The van der Waals surface area contributed by atoms with Crippen LogP contribution in [0, 0.1) is 0 Å². The Bertz CT molecular complexity index is 511. The van der Waals surface area contributed by atoms with Gasteiger partial charge in [0.15, 0.2) is 14.6 Å². The number of carbonyl (C=O) groups excluding carboxylic acids is 1. The highest BCUT2D eigenvalue weighted by Gasteiger charge is 2.48. The van der Waals surface area contributed by atoms with Gasteiger partial charge in [-0.1, -0.05) is 55.6 Å². The van der Waals surface area contributed by atoms with Crippen LogP contribution in [0.15, 0.2) is 0 Å². The molecule has 0 saturated carbocycles. The van der Waals surface area contributed by atoms with Crippen molar-refractivity contribution in [3.05, 3.63) is 0 Å². The van der Waals surface area contributed by atoms with Crippen molar-refractivity contribution in [1.82, 2.24) is 5.32 Å². The van der Waals surface area contributed by atoms with Crippen molar-refractivity contribution in [3.63, 3.8) is 0 Å². The highest BCUT2D eigenvalue weighted by atomic mass is 35.6. The Morgan fingerprint density at radius 2 is 1.74 bits per heavy atom. The van der Waals surface area contributed by atoms with Crippen molar-refractivity contribution in [1.29, 1.82) is 0 Å². The molecule has 11 heteroatoms. The molecule has 0 aromatic rings. The van der Waals surface area contributed by atoms with E-state index in [0.29, 0.717) is 0 Å². The smallest absolute Gasteiger partial charge is 0.272 e. The number of hydrogen-bond donors (Lipinski definition) is 3. The lowest BCUT2D eigenvalue weighted by Gasteiger charge is -2.44. The van der Waals surface area contributed by atoms with E-state index >= 15 is 0 Å². The molecule has 1 heterocycles. The van der Waals surface area contributed by atoms with Crippen LogP contribution in [-0.2, 0) is 18.7 Å². The summed E-state index contributed by atoms with van der Waals surface area (Å²) in [6, 6.07) is -1.10. The highest BCUT2D eigenvalue weighted by Crippen LogP contribution is 2.37. The second-order valence-corrected chi connectivity index (χ2v) is 15.1. The van der Waals surface area contributed by atoms with E-state index in [4.69, 9.17) is 48.7 Å². The molecule has 0 aromatic heterocycles. The number of hydrogen-bond acceptors (Lipinski definition) is 6. The van der Waals surface area contributed by atoms with Crippen molar-refractivity contribution < 1.29 is 28.9 Å². The fraction of sp³-hybridized carbons (Fsp3) is 0.938. The van der Waals surface area contributed by atoms with Crippen LogP contribution in [0.2, 0.25) is 18.1 Å². The molecule has 1 aliphatic heterocycles. The van der Waals surface area contributed by atoms with Gasteiger partial charge in [-0.3, -0.25) is 4.79 Å². The molecule has 1 aliphatic rings. The second kappa shape index (κ2) is 9.45. The summed E-state index contributed by atoms with van der Waals surface area (Å²) in [5, 5.41) is 23.3. The van der Waals surface area contributed by atoms with E-state index in [9.17, 15) is 15.0 Å². The maximum atomic E-state index is 12.0. The second-order valence-electron chi connectivity index (χ2n) is 8.05. The minimum Gasteiger partial charge on any atom is -0.414 e. The van der Waals surface area contributed by atoms with Gasteiger partial charge in [0.1, 0.15) is 24.4 Å². The fourth-order valence-corrected chi connectivity index (χ4v) is 3.45. The van der Waals surface area contributed by atoms with Gasteiger partial charge >= 0.3 is 0 Å². The van der Waals surface area contributed by atoms with E-state index < -0.39 is 48.7 Å². The number of aliphatic hydroxyl groups is 2. The van der Waals surface area contributed by atoms with Gasteiger partial charge in [-0.2, -0.15) is 0 Å². The standard InChI is InChI=1S/C16H30Cl3NO6Si/c1-7-24-13-10(20-14(23)16(17,18)19)12(22)11(21)9(26-13)8-25-27(5,6)15(2,3)4/h9-13,21-22H,7-8H2,1-6H3,(H,20,23)/t9-,10-,11-,12+,13-/m1/s1.